The highest BCUT2D eigenvalue weighted by Gasteiger charge is 2.06. The molecule has 22 heavy (non-hydrogen) atoms. The maximum absolute atomic E-state index is 10.9. The number of nitrogens with one attached hydrogen (secondary N) is 1. The second-order valence-electron chi connectivity index (χ2n) is 4.71. The third-order valence-corrected chi connectivity index (χ3v) is 3.29. The summed E-state index contributed by atoms with van der Waals surface area (Å²) >= 11 is 0. The fourth-order valence-electron chi connectivity index (χ4n) is 2.17. The Morgan fingerprint density at radius 1 is 1.14 bits per heavy atom. The predicted molar refractivity (Wildman–Crippen MR) is 83.1 cm³/mol. The van der Waals surface area contributed by atoms with E-state index in [4.69, 9.17) is 10.4 Å². The van der Waals surface area contributed by atoms with Crippen LogP contribution in [0.15, 0.2) is 54.7 Å². The standard InChI is InChI=1S/C17H11N3O2/c18-10-11-1-2-12-7-8-19-16(15(12)9-11)20-14-5-3-13(4-6-14)17(21)22/h1-9H,(H,19,20)(H,21,22). The molecule has 0 spiro atoms. The summed E-state index contributed by atoms with van der Waals surface area (Å²) in [4.78, 5) is 15.2. The van der Waals surface area contributed by atoms with Gasteiger partial charge in [-0.3, -0.25) is 0 Å². The Balaban J connectivity index is 1.99. The molecule has 2 N–H and O–H groups in total. The molecule has 2 aromatic carbocycles. The Morgan fingerprint density at radius 3 is 2.59 bits per heavy atom. The van der Waals surface area contributed by atoms with Crippen molar-refractivity contribution in [1.29, 1.82) is 5.26 Å². The van der Waals surface area contributed by atoms with Gasteiger partial charge < -0.3 is 10.4 Å². The number of carbonyl (C=O) groups is 1. The van der Waals surface area contributed by atoms with Gasteiger partial charge in [-0.2, -0.15) is 5.26 Å². The van der Waals surface area contributed by atoms with E-state index in [1.807, 2.05) is 12.1 Å². The van der Waals surface area contributed by atoms with Crippen molar-refractivity contribution in [1.82, 2.24) is 4.98 Å². The van der Waals surface area contributed by atoms with Crippen molar-refractivity contribution < 1.29 is 9.90 Å². The first-order valence-corrected chi connectivity index (χ1v) is 6.56. The Morgan fingerprint density at radius 2 is 1.91 bits per heavy atom. The first-order valence-electron chi connectivity index (χ1n) is 6.56. The molecule has 0 aliphatic heterocycles. The Labute approximate surface area is 126 Å². The molecule has 5 nitrogen and oxygen atoms in total. The number of pyridine rings is 1. The minimum atomic E-state index is -0.964. The number of hydrogen-bond acceptors (Lipinski definition) is 4. The van der Waals surface area contributed by atoms with Gasteiger partial charge in [0.15, 0.2) is 0 Å². The first-order chi connectivity index (χ1) is 10.7. The highest BCUT2D eigenvalue weighted by Crippen LogP contribution is 2.25. The molecule has 1 aromatic heterocycles. The molecule has 0 aliphatic rings. The van der Waals surface area contributed by atoms with E-state index in [-0.39, 0.29) is 5.56 Å². The van der Waals surface area contributed by atoms with Crippen LogP contribution in [0.2, 0.25) is 0 Å². The maximum atomic E-state index is 10.9. The average Bonchev–Trinajstić information content (AvgIpc) is 2.55. The number of carboxylic acids is 1. The van der Waals surface area contributed by atoms with Crippen LogP contribution < -0.4 is 5.32 Å². The van der Waals surface area contributed by atoms with Crippen molar-refractivity contribution in [2.24, 2.45) is 0 Å². The molecular weight excluding hydrogens is 278 g/mol. The highest BCUT2D eigenvalue weighted by molar-refractivity contribution is 5.94. The summed E-state index contributed by atoms with van der Waals surface area (Å²) < 4.78 is 0. The van der Waals surface area contributed by atoms with Crippen LogP contribution in [0.3, 0.4) is 0 Å². The molecule has 0 amide bonds. The number of rotatable bonds is 3. The van der Waals surface area contributed by atoms with Gasteiger partial charge in [0.2, 0.25) is 0 Å². The summed E-state index contributed by atoms with van der Waals surface area (Å²) in [6, 6.07) is 15.8. The Bertz CT molecular complexity index is 896. The SMILES string of the molecule is N#Cc1ccc2ccnc(Nc3ccc(C(=O)O)cc3)c2c1. The minimum Gasteiger partial charge on any atom is -0.478 e. The molecule has 0 aliphatic carbocycles. The van der Waals surface area contributed by atoms with E-state index in [9.17, 15) is 4.79 Å². The zero-order valence-electron chi connectivity index (χ0n) is 11.4. The quantitative estimate of drug-likeness (QED) is 0.770. The van der Waals surface area contributed by atoms with E-state index in [2.05, 4.69) is 16.4 Å². The average molecular weight is 289 g/mol. The van der Waals surface area contributed by atoms with E-state index < -0.39 is 5.97 Å². The summed E-state index contributed by atoms with van der Waals surface area (Å²) in [5, 5.41) is 22.9. The van der Waals surface area contributed by atoms with Crippen LogP contribution >= 0.6 is 0 Å². The van der Waals surface area contributed by atoms with Crippen LogP contribution in [0, 0.1) is 11.3 Å². The van der Waals surface area contributed by atoms with Crippen LogP contribution in [0.5, 0.6) is 0 Å². The van der Waals surface area contributed by atoms with E-state index in [0.29, 0.717) is 11.4 Å². The number of aromatic carboxylic acids is 1. The van der Waals surface area contributed by atoms with Crippen LogP contribution in [-0.2, 0) is 0 Å². The molecule has 3 rings (SSSR count). The summed E-state index contributed by atoms with van der Waals surface area (Å²) in [7, 11) is 0. The Kier molecular flexibility index (Phi) is 3.42. The number of carboxylic acid groups (broad SMARTS) is 1. The smallest absolute Gasteiger partial charge is 0.335 e. The molecule has 106 valence electrons. The molecule has 0 saturated heterocycles. The second kappa shape index (κ2) is 5.54. The normalized spacial score (nSPS) is 10.1. The number of anilines is 2. The van der Waals surface area contributed by atoms with Gasteiger partial charge in [-0.25, -0.2) is 9.78 Å². The predicted octanol–water partition coefficient (Wildman–Crippen LogP) is 3.55. The second-order valence-corrected chi connectivity index (χ2v) is 4.71. The largest absolute Gasteiger partial charge is 0.478 e. The van der Waals surface area contributed by atoms with Crippen molar-refractivity contribution in [3.8, 4) is 6.07 Å². The molecule has 0 unspecified atom stereocenters. The van der Waals surface area contributed by atoms with E-state index in [1.54, 1.807) is 30.5 Å². The van der Waals surface area contributed by atoms with E-state index in [1.165, 1.54) is 12.1 Å². The van der Waals surface area contributed by atoms with Crippen molar-refractivity contribution in [2.45, 2.75) is 0 Å². The molecule has 1 heterocycles. The van der Waals surface area contributed by atoms with Crippen LogP contribution in [0.4, 0.5) is 11.5 Å². The van der Waals surface area contributed by atoms with Crippen LogP contribution in [0.25, 0.3) is 10.8 Å². The van der Waals surface area contributed by atoms with Gasteiger partial charge in [-0.1, -0.05) is 6.07 Å². The van der Waals surface area contributed by atoms with Crippen LogP contribution in [0.1, 0.15) is 15.9 Å². The number of nitriles is 1. The minimum absolute atomic E-state index is 0.225. The number of nitrogens with zero attached hydrogens (tertiary/aromatic N) is 2. The molecular formula is C17H11N3O2. The third-order valence-electron chi connectivity index (χ3n) is 3.29. The van der Waals surface area contributed by atoms with Crippen LogP contribution in [-0.4, -0.2) is 16.1 Å². The highest BCUT2D eigenvalue weighted by atomic mass is 16.4. The van der Waals surface area contributed by atoms with Gasteiger partial charge >= 0.3 is 5.97 Å². The van der Waals surface area contributed by atoms with Gasteiger partial charge in [-0.15, -0.1) is 0 Å². The molecule has 0 radical (unpaired) electrons. The number of hydrogen-bond donors (Lipinski definition) is 2. The van der Waals surface area contributed by atoms with Crippen molar-refractivity contribution in [2.75, 3.05) is 5.32 Å². The molecule has 3 aromatic rings. The molecule has 0 fully saturated rings. The van der Waals surface area contributed by atoms with Gasteiger partial charge in [0, 0.05) is 17.3 Å². The van der Waals surface area contributed by atoms with Gasteiger partial charge in [0.25, 0.3) is 0 Å². The number of aromatic nitrogens is 1. The molecule has 0 atom stereocenters. The lowest BCUT2D eigenvalue weighted by Crippen LogP contribution is -1.98. The lowest BCUT2D eigenvalue weighted by Gasteiger charge is -2.09. The van der Waals surface area contributed by atoms with Gasteiger partial charge in [0.05, 0.1) is 17.2 Å². The summed E-state index contributed by atoms with van der Waals surface area (Å²) in [5.41, 5.74) is 1.51. The first kappa shape index (κ1) is 13.6. The van der Waals surface area contributed by atoms with Gasteiger partial charge in [0.1, 0.15) is 5.82 Å². The van der Waals surface area contributed by atoms with E-state index in [0.717, 1.165) is 16.5 Å². The van der Waals surface area contributed by atoms with Gasteiger partial charge in [-0.05, 0) is 47.9 Å². The summed E-state index contributed by atoms with van der Waals surface area (Å²) in [6.07, 6.45) is 1.68. The fourth-order valence-corrected chi connectivity index (χ4v) is 2.17. The molecule has 0 bridgehead atoms. The zero-order valence-corrected chi connectivity index (χ0v) is 11.4. The number of fused-ring (bicyclic) bond motifs is 1. The fraction of sp³-hybridized carbons (Fsp3) is 0. The van der Waals surface area contributed by atoms with Crippen molar-refractivity contribution >= 4 is 28.2 Å². The van der Waals surface area contributed by atoms with Crippen molar-refractivity contribution in [3.63, 3.8) is 0 Å². The molecule has 0 saturated carbocycles. The zero-order chi connectivity index (χ0) is 15.5. The third kappa shape index (κ3) is 2.58. The summed E-state index contributed by atoms with van der Waals surface area (Å²) in [5.74, 6) is -0.342. The Hall–Kier alpha value is -3.39. The van der Waals surface area contributed by atoms with E-state index >= 15 is 0 Å². The number of benzene rings is 2. The summed E-state index contributed by atoms with van der Waals surface area (Å²) in [6.45, 7) is 0. The maximum Gasteiger partial charge on any atom is 0.335 e. The van der Waals surface area contributed by atoms with Crippen molar-refractivity contribution in [3.05, 3.63) is 65.9 Å². The topological polar surface area (TPSA) is 86.0 Å². The monoisotopic (exact) mass is 289 g/mol. The molecule has 5 heteroatoms. The lowest BCUT2D eigenvalue weighted by atomic mass is 10.1. The lowest BCUT2D eigenvalue weighted by molar-refractivity contribution is 0.0697.